The number of hydrogen-bond acceptors (Lipinski definition) is 7. The molecule has 0 saturated carbocycles. The van der Waals surface area contributed by atoms with E-state index < -0.39 is 16.0 Å². The average molecular weight is 459 g/mol. The topological polar surface area (TPSA) is 96.8 Å². The third-order valence-electron chi connectivity index (χ3n) is 5.10. The molecule has 0 radical (unpaired) electrons. The minimum Gasteiger partial charge on any atom is -0.481 e. The first-order valence-electron chi connectivity index (χ1n) is 9.38. The first kappa shape index (κ1) is 22.4. The molecule has 0 unspecified atom stereocenters. The molecule has 2 aliphatic heterocycles. The first-order chi connectivity index (χ1) is 13.5. The third-order valence-corrected chi connectivity index (χ3v) is 9.02. The molecule has 29 heavy (non-hydrogen) atoms. The van der Waals surface area contributed by atoms with Gasteiger partial charge in [-0.15, -0.1) is 22.7 Å². The lowest BCUT2D eigenvalue weighted by Gasteiger charge is -2.42. The monoisotopic (exact) mass is 458 g/mol. The molecule has 1 saturated heterocycles. The number of sulfonamides is 1. The maximum Gasteiger partial charge on any atom is 0.300 e. The number of hydrogen-bond donors (Lipinski definition) is 1. The number of nitrogens with zero attached hydrogens (tertiary/aromatic N) is 2. The maximum absolute atomic E-state index is 11.8. The average Bonchev–Trinajstić information content (AvgIpc) is 3.18. The molecule has 0 atom stereocenters. The Morgan fingerprint density at radius 1 is 1.28 bits per heavy atom. The molecule has 0 amide bonds. The van der Waals surface area contributed by atoms with Crippen LogP contribution in [0.1, 0.15) is 40.9 Å². The van der Waals surface area contributed by atoms with E-state index in [0.717, 1.165) is 36.9 Å². The fraction of sp³-hybridized carbons (Fsp3) is 0.579. The highest BCUT2D eigenvalue weighted by Gasteiger charge is 2.44. The van der Waals surface area contributed by atoms with E-state index >= 15 is 0 Å². The standard InChI is InChI=1S/C17H22N2O3S3.C2H4O2/c1-11-15(23-12(2)18-11)14-10-13-4-9-22-17(16(13)24-14)5-7-19(8-6-17)25(3,20)21;1-2(3)4/h10H,4-9H2,1-3H3;1H3,(H,3,4). The summed E-state index contributed by atoms with van der Waals surface area (Å²) in [4.78, 5) is 17.4. The number of carboxylic acids is 1. The van der Waals surface area contributed by atoms with Crippen molar-refractivity contribution in [2.45, 2.75) is 45.6 Å². The lowest BCUT2D eigenvalue weighted by atomic mass is 9.86. The lowest BCUT2D eigenvalue weighted by molar-refractivity contribution is -0.134. The molecule has 4 heterocycles. The molecule has 0 aromatic carbocycles. The van der Waals surface area contributed by atoms with Crippen LogP contribution in [-0.2, 0) is 31.6 Å². The molecule has 2 aromatic heterocycles. The predicted octanol–water partition coefficient (Wildman–Crippen LogP) is 3.40. The van der Waals surface area contributed by atoms with Crippen molar-refractivity contribution in [2.75, 3.05) is 26.0 Å². The largest absolute Gasteiger partial charge is 0.481 e. The van der Waals surface area contributed by atoms with Gasteiger partial charge in [-0.2, -0.15) is 0 Å². The quantitative estimate of drug-likeness (QED) is 0.741. The number of aliphatic carboxylic acids is 1. The van der Waals surface area contributed by atoms with Crippen LogP contribution in [0, 0.1) is 13.8 Å². The van der Waals surface area contributed by atoms with E-state index in [1.165, 1.54) is 26.5 Å². The molecular formula is C19H26N2O5S3. The summed E-state index contributed by atoms with van der Waals surface area (Å²) in [6.07, 6.45) is 3.68. The fourth-order valence-electron chi connectivity index (χ4n) is 3.84. The normalized spacial score (nSPS) is 18.8. The highest BCUT2D eigenvalue weighted by atomic mass is 32.2. The van der Waals surface area contributed by atoms with E-state index in [2.05, 4.69) is 18.0 Å². The Kier molecular flexibility index (Phi) is 6.50. The van der Waals surface area contributed by atoms with Gasteiger partial charge in [0.05, 0.1) is 28.4 Å². The third kappa shape index (κ3) is 4.88. The Hall–Kier alpha value is -1.33. The Balaban J connectivity index is 0.000000552. The van der Waals surface area contributed by atoms with Gasteiger partial charge in [0.1, 0.15) is 5.60 Å². The van der Waals surface area contributed by atoms with Gasteiger partial charge in [-0.3, -0.25) is 4.79 Å². The van der Waals surface area contributed by atoms with E-state index in [4.69, 9.17) is 14.6 Å². The molecule has 4 rings (SSSR count). The van der Waals surface area contributed by atoms with Crippen LogP contribution in [0.4, 0.5) is 0 Å². The summed E-state index contributed by atoms with van der Waals surface area (Å²) in [5.41, 5.74) is 2.14. The van der Waals surface area contributed by atoms with Crippen molar-refractivity contribution < 1.29 is 23.1 Å². The van der Waals surface area contributed by atoms with Gasteiger partial charge in [-0.25, -0.2) is 17.7 Å². The summed E-state index contributed by atoms with van der Waals surface area (Å²) in [7, 11) is -3.12. The van der Waals surface area contributed by atoms with Crippen LogP contribution in [0.15, 0.2) is 6.07 Å². The second kappa shape index (κ2) is 8.43. The van der Waals surface area contributed by atoms with Crippen LogP contribution in [0.3, 0.4) is 0 Å². The number of carbonyl (C=O) groups is 1. The second-order valence-electron chi connectivity index (χ2n) is 7.39. The summed E-state index contributed by atoms with van der Waals surface area (Å²) in [6.45, 7) is 6.96. The summed E-state index contributed by atoms with van der Waals surface area (Å²) < 4.78 is 31.5. The van der Waals surface area contributed by atoms with Crippen molar-refractivity contribution in [3.8, 4) is 9.75 Å². The summed E-state index contributed by atoms with van der Waals surface area (Å²) >= 11 is 3.55. The molecule has 1 fully saturated rings. The summed E-state index contributed by atoms with van der Waals surface area (Å²) in [5.74, 6) is -0.833. The van der Waals surface area contributed by atoms with E-state index in [0.29, 0.717) is 19.7 Å². The smallest absolute Gasteiger partial charge is 0.300 e. The van der Waals surface area contributed by atoms with Crippen LogP contribution >= 0.6 is 22.7 Å². The van der Waals surface area contributed by atoms with Gasteiger partial charge in [-0.1, -0.05) is 0 Å². The molecule has 2 aromatic rings. The molecule has 0 bridgehead atoms. The number of fused-ring (bicyclic) bond motifs is 2. The van der Waals surface area contributed by atoms with Gasteiger partial charge in [0.15, 0.2) is 0 Å². The van der Waals surface area contributed by atoms with Gasteiger partial charge < -0.3 is 9.84 Å². The van der Waals surface area contributed by atoms with E-state index in [9.17, 15) is 8.42 Å². The highest BCUT2D eigenvalue weighted by molar-refractivity contribution is 7.88. The van der Waals surface area contributed by atoms with Gasteiger partial charge in [0.2, 0.25) is 10.0 Å². The Bertz CT molecular complexity index is 997. The number of aromatic nitrogens is 1. The van der Waals surface area contributed by atoms with Crippen molar-refractivity contribution in [2.24, 2.45) is 0 Å². The number of aryl methyl sites for hydroxylation is 2. The molecule has 1 spiro atoms. The molecule has 160 valence electrons. The zero-order valence-corrected chi connectivity index (χ0v) is 19.5. The number of rotatable bonds is 2. The second-order valence-corrected chi connectivity index (χ2v) is 11.6. The summed E-state index contributed by atoms with van der Waals surface area (Å²) in [6, 6.07) is 2.30. The molecular weight excluding hydrogens is 432 g/mol. The highest BCUT2D eigenvalue weighted by Crippen LogP contribution is 2.48. The van der Waals surface area contributed by atoms with Crippen molar-refractivity contribution in [3.63, 3.8) is 0 Å². The van der Waals surface area contributed by atoms with Gasteiger partial charge in [0.25, 0.3) is 5.97 Å². The van der Waals surface area contributed by atoms with Crippen LogP contribution in [0.25, 0.3) is 9.75 Å². The van der Waals surface area contributed by atoms with Crippen LogP contribution in [-0.4, -0.2) is 54.7 Å². The zero-order valence-electron chi connectivity index (χ0n) is 17.0. The summed E-state index contributed by atoms with van der Waals surface area (Å²) in [5, 5.41) is 8.51. The van der Waals surface area contributed by atoms with Gasteiger partial charge in [-0.05, 0) is 44.7 Å². The number of carboxylic acid groups (broad SMARTS) is 1. The van der Waals surface area contributed by atoms with Crippen LogP contribution in [0.2, 0.25) is 0 Å². The molecule has 0 aliphatic carbocycles. The Morgan fingerprint density at radius 2 is 1.90 bits per heavy atom. The van der Waals surface area contributed by atoms with Crippen molar-refractivity contribution in [1.82, 2.24) is 9.29 Å². The van der Waals surface area contributed by atoms with Crippen LogP contribution < -0.4 is 0 Å². The molecule has 10 heteroatoms. The minimum absolute atomic E-state index is 0.314. The first-order valence-corrected chi connectivity index (χ1v) is 12.9. The molecule has 2 aliphatic rings. The van der Waals surface area contributed by atoms with Crippen LogP contribution in [0.5, 0.6) is 0 Å². The zero-order chi connectivity index (χ0) is 21.4. The Labute approximate surface area is 179 Å². The van der Waals surface area contributed by atoms with Crippen molar-refractivity contribution in [3.05, 3.63) is 27.2 Å². The lowest BCUT2D eigenvalue weighted by Crippen LogP contribution is -2.47. The molecule has 7 nitrogen and oxygen atoms in total. The number of thiophene rings is 1. The minimum atomic E-state index is -3.12. The Morgan fingerprint density at radius 3 is 2.41 bits per heavy atom. The van der Waals surface area contributed by atoms with E-state index in [1.54, 1.807) is 15.6 Å². The fourth-order valence-corrected chi connectivity index (χ4v) is 7.17. The van der Waals surface area contributed by atoms with Crippen molar-refractivity contribution in [1.29, 1.82) is 0 Å². The van der Waals surface area contributed by atoms with E-state index in [-0.39, 0.29) is 5.60 Å². The van der Waals surface area contributed by atoms with Crippen molar-refractivity contribution >= 4 is 38.7 Å². The van der Waals surface area contributed by atoms with E-state index in [1.807, 2.05) is 18.3 Å². The number of ether oxygens (including phenoxy) is 1. The van der Waals surface area contributed by atoms with Gasteiger partial charge >= 0.3 is 0 Å². The maximum atomic E-state index is 11.8. The number of piperidine rings is 1. The predicted molar refractivity (Wildman–Crippen MR) is 115 cm³/mol. The number of thiazole rings is 1. The SMILES string of the molecule is CC(=O)O.Cc1nc(C)c(-c2cc3c(s2)C2(CCN(S(C)(=O)=O)CC2)OCC3)s1. The molecule has 1 N–H and O–H groups in total. The van der Waals surface area contributed by atoms with Gasteiger partial charge in [0, 0.05) is 29.8 Å².